The van der Waals surface area contributed by atoms with Crippen molar-refractivity contribution in [1.82, 2.24) is 9.62 Å². The van der Waals surface area contributed by atoms with Crippen molar-refractivity contribution in [3.8, 4) is 0 Å². The number of hydrogen-bond donors (Lipinski definition) is 2. The summed E-state index contributed by atoms with van der Waals surface area (Å²) in [5.41, 5.74) is -0.452. The monoisotopic (exact) mass is 388 g/mol. The minimum Gasteiger partial charge on any atom is -0.481 e. The lowest BCUT2D eigenvalue weighted by Gasteiger charge is -2.40. The van der Waals surface area contributed by atoms with Gasteiger partial charge in [-0.15, -0.1) is 0 Å². The molecule has 0 spiro atoms. The van der Waals surface area contributed by atoms with Crippen LogP contribution in [0.5, 0.6) is 0 Å². The second-order valence-electron chi connectivity index (χ2n) is 6.77. The third-order valence-corrected chi connectivity index (χ3v) is 6.28. The molecule has 0 atom stereocenters. The van der Waals surface area contributed by atoms with Crippen molar-refractivity contribution < 1.29 is 23.1 Å². The molecular formula is C16H21ClN2O5S. The van der Waals surface area contributed by atoms with Crippen LogP contribution in [0.4, 0.5) is 0 Å². The number of nitrogens with one attached hydrogen (secondary N) is 1. The van der Waals surface area contributed by atoms with Gasteiger partial charge in [0, 0.05) is 35.6 Å². The first-order valence-electron chi connectivity index (χ1n) is 7.80. The molecule has 0 aliphatic carbocycles. The van der Waals surface area contributed by atoms with Gasteiger partial charge >= 0.3 is 5.97 Å². The normalized spacial score (nSPS) is 15.7. The molecule has 0 unspecified atom stereocenters. The number of carbonyl (C=O) groups is 2. The lowest BCUT2D eigenvalue weighted by molar-refractivity contribution is -0.137. The molecule has 2 N–H and O–H groups in total. The van der Waals surface area contributed by atoms with Crippen molar-refractivity contribution in [3.05, 3.63) is 34.9 Å². The van der Waals surface area contributed by atoms with Gasteiger partial charge in [0.2, 0.25) is 10.0 Å². The highest BCUT2D eigenvalue weighted by atomic mass is 35.5. The molecular weight excluding hydrogens is 368 g/mol. The minimum atomic E-state index is -3.65. The Morgan fingerprint density at radius 2 is 2.00 bits per heavy atom. The number of halogens is 1. The highest BCUT2D eigenvalue weighted by Gasteiger charge is 2.42. The molecule has 1 amide bonds. The van der Waals surface area contributed by atoms with Crippen LogP contribution in [0.15, 0.2) is 24.3 Å². The molecule has 1 fully saturated rings. The zero-order valence-electron chi connectivity index (χ0n) is 14.0. The van der Waals surface area contributed by atoms with Crippen LogP contribution in [0, 0.1) is 0 Å². The van der Waals surface area contributed by atoms with E-state index in [1.54, 1.807) is 38.1 Å². The fourth-order valence-corrected chi connectivity index (χ4v) is 4.52. The van der Waals surface area contributed by atoms with Crippen molar-refractivity contribution in [2.45, 2.75) is 37.5 Å². The smallest absolute Gasteiger partial charge is 0.303 e. The van der Waals surface area contributed by atoms with Gasteiger partial charge in [-0.05, 0) is 38.5 Å². The van der Waals surface area contributed by atoms with Gasteiger partial charge in [0.1, 0.15) is 5.25 Å². The Morgan fingerprint density at radius 3 is 2.56 bits per heavy atom. The molecule has 25 heavy (non-hydrogen) atoms. The average Bonchev–Trinajstić information content (AvgIpc) is 2.42. The zero-order valence-corrected chi connectivity index (χ0v) is 15.6. The largest absolute Gasteiger partial charge is 0.481 e. The van der Waals surface area contributed by atoms with E-state index in [9.17, 15) is 18.0 Å². The van der Waals surface area contributed by atoms with Crippen LogP contribution in [-0.4, -0.2) is 54.2 Å². The number of amides is 1. The first-order valence-corrected chi connectivity index (χ1v) is 9.72. The Balaban J connectivity index is 1.94. The van der Waals surface area contributed by atoms with Crippen LogP contribution < -0.4 is 4.72 Å². The highest BCUT2D eigenvalue weighted by molar-refractivity contribution is 7.90. The Kier molecular flexibility index (Phi) is 5.75. The van der Waals surface area contributed by atoms with E-state index in [0.29, 0.717) is 10.6 Å². The van der Waals surface area contributed by atoms with Crippen molar-refractivity contribution in [2.24, 2.45) is 0 Å². The van der Waals surface area contributed by atoms with Crippen LogP contribution >= 0.6 is 11.6 Å². The molecule has 9 heteroatoms. The van der Waals surface area contributed by atoms with Crippen LogP contribution in [0.3, 0.4) is 0 Å². The van der Waals surface area contributed by atoms with Crippen LogP contribution in [0.1, 0.15) is 37.0 Å². The number of aliphatic carboxylic acids is 1. The van der Waals surface area contributed by atoms with Gasteiger partial charge in [-0.25, -0.2) is 13.1 Å². The first kappa shape index (κ1) is 19.7. The van der Waals surface area contributed by atoms with Crippen LogP contribution in [-0.2, 0) is 14.8 Å². The maximum Gasteiger partial charge on any atom is 0.303 e. The van der Waals surface area contributed by atoms with E-state index in [1.165, 1.54) is 4.90 Å². The molecule has 0 radical (unpaired) electrons. The van der Waals surface area contributed by atoms with Gasteiger partial charge < -0.3 is 10.0 Å². The number of hydrogen-bond acceptors (Lipinski definition) is 4. The van der Waals surface area contributed by atoms with Gasteiger partial charge in [-0.1, -0.05) is 17.7 Å². The third kappa shape index (κ3) is 5.17. The molecule has 0 aromatic heterocycles. The van der Waals surface area contributed by atoms with Crippen molar-refractivity contribution in [1.29, 1.82) is 0 Å². The van der Waals surface area contributed by atoms with Crippen LogP contribution in [0.2, 0.25) is 5.02 Å². The van der Waals surface area contributed by atoms with E-state index in [-0.39, 0.29) is 31.8 Å². The summed E-state index contributed by atoms with van der Waals surface area (Å²) in [6, 6.07) is 6.49. The average molecular weight is 389 g/mol. The summed E-state index contributed by atoms with van der Waals surface area (Å²) < 4.78 is 27.4. The zero-order chi connectivity index (χ0) is 18.8. The summed E-state index contributed by atoms with van der Waals surface area (Å²) in [5, 5.41) is 8.47. The summed E-state index contributed by atoms with van der Waals surface area (Å²) in [4.78, 5) is 24.4. The van der Waals surface area contributed by atoms with E-state index in [1.807, 2.05) is 0 Å². The van der Waals surface area contributed by atoms with E-state index in [0.717, 1.165) is 0 Å². The van der Waals surface area contributed by atoms with Gasteiger partial charge in [0.05, 0.1) is 0 Å². The van der Waals surface area contributed by atoms with E-state index < -0.39 is 26.8 Å². The molecule has 1 heterocycles. The topological polar surface area (TPSA) is 104 Å². The van der Waals surface area contributed by atoms with Gasteiger partial charge in [-0.2, -0.15) is 0 Å². The lowest BCUT2D eigenvalue weighted by Crippen LogP contribution is -2.61. The summed E-state index contributed by atoms with van der Waals surface area (Å²) in [6.07, 6.45) is 0.0546. The summed E-state index contributed by atoms with van der Waals surface area (Å²) >= 11 is 5.86. The molecule has 1 saturated heterocycles. The third-order valence-electron chi connectivity index (χ3n) is 4.03. The molecule has 1 aromatic rings. The van der Waals surface area contributed by atoms with E-state index >= 15 is 0 Å². The van der Waals surface area contributed by atoms with Gasteiger partial charge in [0.25, 0.3) is 5.91 Å². The Hall–Kier alpha value is -1.64. The second kappa shape index (κ2) is 7.31. The minimum absolute atomic E-state index is 0.0929. The maximum absolute atomic E-state index is 12.4. The molecule has 138 valence electrons. The number of carboxylic acids is 1. The Bertz CT molecular complexity index is 772. The number of nitrogens with zero attached hydrogens (tertiary/aromatic N) is 1. The van der Waals surface area contributed by atoms with Crippen molar-refractivity contribution in [3.63, 3.8) is 0 Å². The number of carboxylic acid groups (broad SMARTS) is 1. The quantitative estimate of drug-likeness (QED) is 0.740. The number of rotatable bonds is 7. The molecule has 2 rings (SSSR count). The predicted octanol–water partition coefficient (Wildman–Crippen LogP) is 1.73. The maximum atomic E-state index is 12.4. The predicted molar refractivity (Wildman–Crippen MR) is 94.1 cm³/mol. The number of likely N-dealkylation sites (tertiary alicyclic amines) is 1. The second-order valence-corrected chi connectivity index (χ2v) is 9.16. The Labute approximate surface area is 152 Å². The summed E-state index contributed by atoms with van der Waals surface area (Å²) in [7, 11) is -3.65. The van der Waals surface area contributed by atoms with Crippen molar-refractivity contribution >= 4 is 33.5 Å². The Morgan fingerprint density at radius 1 is 1.36 bits per heavy atom. The molecule has 0 saturated carbocycles. The summed E-state index contributed by atoms with van der Waals surface area (Å²) in [6.45, 7) is 3.47. The highest BCUT2D eigenvalue weighted by Crippen LogP contribution is 2.22. The fourth-order valence-electron chi connectivity index (χ4n) is 2.54. The lowest BCUT2D eigenvalue weighted by atomic mass is 10.0. The molecule has 0 bridgehead atoms. The number of sulfonamides is 1. The summed E-state index contributed by atoms with van der Waals surface area (Å²) in [5.74, 6) is -1.24. The fraction of sp³-hybridized carbons (Fsp3) is 0.500. The molecule has 1 aliphatic heterocycles. The standard InChI is InChI=1S/C16H21ClN2O5S/c1-16(2,7-6-14(20)21)18-25(23,24)13-9-19(10-13)15(22)11-4-3-5-12(17)8-11/h3-5,8,13,18H,6-7,9-10H2,1-2H3,(H,20,21). The van der Waals surface area contributed by atoms with E-state index in [2.05, 4.69) is 4.72 Å². The van der Waals surface area contributed by atoms with Gasteiger partial charge in [-0.3, -0.25) is 9.59 Å². The van der Waals surface area contributed by atoms with Crippen LogP contribution in [0.25, 0.3) is 0 Å². The molecule has 1 aromatic carbocycles. The first-order chi connectivity index (χ1) is 11.5. The van der Waals surface area contributed by atoms with Crippen molar-refractivity contribution in [2.75, 3.05) is 13.1 Å². The van der Waals surface area contributed by atoms with Gasteiger partial charge in [0.15, 0.2) is 0 Å². The SMILES string of the molecule is CC(C)(CCC(=O)O)NS(=O)(=O)C1CN(C(=O)c2cccc(Cl)c2)C1. The molecule has 1 aliphatic rings. The van der Waals surface area contributed by atoms with E-state index in [4.69, 9.17) is 16.7 Å². The number of benzene rings is 1. The number of carbonyl (C=O) groups excluding carboxylic acids is 1. The molecule has 7 nitrogen and oxygen atoms in total.